The van der Waals surface area contributed by atoms with Gasteiger partial charge in [-0.15, -0.1) is 0 Å². The fourth-order valence-corrected chi connectivity index (χ4v) is 3.63. The van der Waals surface area contributed by atoms with Crippen molar-refractivity contribution in [2.24, 2.45) is 0 Å². The molecular weight excluding hydrogens is 397 g/mol. The van der Waals surface area contributed by atoms with Gasteiger partial charge in [0.1, 0.15) is 17.3 Å². The molecule has 6 nitrogen and oxygen atoms in total. The zero-order chi connectivity index (χ0) is 21.6. The summed E-state index contributed by atoms with van der Waals surface area (Å²) in [7, 11) is 0. The first-order valence-corrected chi connectivity index (χ1v) is 10.5. The molecule has 1 aliphatic rings. The van der Waals surface area contributed by atoms with Crippen molar-refractivity contribution in [2.75, 3.05) is 0 Å². The Bertz CT molecular complexity index is 1090. The van der Waals surface area contributed by atoms with E-state index in [-0.39, 0.29) is 5.69 Å². The van der Waals surface area contributed by atoms with Gasteiger partial charge in [0.05, 0.1) is 11.8 Å². The highest BCUT2D eigenvalue weighted by molar-refractivity contribution is 5.92. The molecule has 7 heteroatoms. The number of carbonyl (C=O) groups excluding carboxylic acids is 1. The average Bonchev–Trinajstić information content (AvgIpc) is 2.80. The van der Waals surface area contributed by atoms with Gasteiger partial charge in [0, 0.05) is 12.6 Å². The number of nitrogens with zero attached hydrogens (tertiary/aromatic N) is 2. The molecular formula is C24H24FN3O3. The molecule has 0 atom stereocenters. The number of carbonyl (C=O) groups is 1. The van der Waals surface area contributed by atoms with Crippen molar-refractivity contribution in [1.82, 2.24) is 15.1 Å². The summed E-state index contributed by atoms with van der Waals surface area (Å²) in [5.74, 6) is 0.0225. The van der Waals surface area contributed by atoms with Crippen LogP contribution in [-0.4, -0.2) is 21.8 Å². The molecule has 1 fully saturated rings. The predicted octanol–water partition coefficient (Wildman–Crippen LogP) is 4.01. The predicted molar refractivity (Wildman–Crippen MR) is 115 cm³/mol. The van der Waals surface area contributed by atoms with E-state index in [1.54, 1.807) is 0 Å². The molecule has 4 rings (SSSR count). The minimum atomic E-state index is -0.416. The Labute approximate surface area is 179 Å². The van der Waals surface area contributed by atoms with Crippen LogP contribution in [0.5, 0.6) is 5.75 Å². The summed E-state index contributed by atoms with van der Waals surface area (Å²) in [6.45, 7) is 0.319. The summed E-state index contributed by atoms with van der Waals surface area (Å²) >= 11 is 0. The van der Waals surface area contributed by atoms with Crippen LogP contribution < -0.4 is 15.6 Å². The maximum atomic E-state index is 13.1. The Morgan fingerprint density at radius 1 is 1.00 bits per heavy atom. The maximum Gasteiger partial charge on any atom is 0.272 e. The number of nitrogens with one attached hydrogen (secondary N) is 1. The van der Waals surface area contributed by atoms with Crippen LogP contribution in [0.15, 0.2) is 65.5 Å². The molecule has 2 aromatic carbocycles. The molecule has 0 spiro atoms. The van der Waals surface area contributed by atoms with Gasteiger partial charge in [-0.3, -0.25) is 9.59 Å². The van der Waals surface area contributed by atoms with E-state index in [1.807, 2.05) is 24.3 Å². The fraction of sp³-hybridized carbons (Fsp3) is 0.292. The molecule has 1 amide bonds. The molecule has 0 unspecified atom stereocenters. The van der Waals surface area contributed by atoms with E-state index >= 15 is 0 Å². The van der Waals surface area contributed by atoms with Gasteiger partial charge in [0.25, 0.3) is 11.5 Å². The molecule has 1 aromatic heterocycles. The van der Waals surface area contributed by atoms with E-state index in [0.717, 1.165) is 28.8 Å². The van der Waals surface area contributed by atoms with E-state index in [1.165, 1.54) is 55.7 Å². The van der Waals surface area contributed by atoms with Gasteiger partial charge in [0.15, 0.2) is 0 Å². The Hall–Kier alpha value is -3.48. The van der Waals surface area contributed by atoms with Gasteiger partial charge in [-0.25, -0.2) is 4.39 Å². The average molecular weight is 421 g/mol. The number of hydrogen-bond acceptors (Lipinski definition) is 4. The second-order valence-electron chi connectivity index (χ2n) is 7.65. The summed E-state index contributed by atoms with van der Waals surface area (Å²) in [5, 5.41) is 6.92. The van der Waals surface area contributed by atoms with Crippen LogP contribution in [0.3, 0.4) is 0 Å². The normalized spacial score (nSPS) is 14.2. The van der Waals surface area contributed by atoms with Gasteiger partial charge in [-0.1, -0.05) is 18.6 Å². The molecule has 1 saturated carbocycles. The van der Waals surface area contributed by atoms with Gasteiger partial charge >= 0.3 is 0 Å². The molecule has 3 aromatic rings. The number of benzene rings is 2. The SMILES string of the molecule is O=C(NCc1ccc(OC2CCCCC2)cc1)c1ccc(=O)n(-c2ccc(F)cc2)n1. The van der Waals surface area contributed by atoms with E-state index in [4.69, 9.17) is 4.74 Å². The molecule has 1 aliphatic carbocycles. The zero-order valence-electron chi connectivity index (χ0n) is 17.1. The lowest BCUT2D eigenvalue weighted by Gasteiger charge is -2.23. The molecule has 0 aliphatic heterocycles. The Balaban J connectivity index is 1.38. The molecule has 1 heterocycles. The van der Waals surface area contributed by atoms with Crippen LogP contribution in [0.4, 0.5) is 4.39 Å². The molecule has 31 heavy (non-hydrogen) atoms. The standard InChI is InChI=1S/C24H24FN3O3/c25-18-8-10-19(11-9-18)28-23(29)15-14-22(27-28)24(30)26-16-17-6-12-21(13-7-17)31-20-4-2-1-3-5-20/h6-15,20H,1-5,16H2,(H,26,30). The third-order valence-corrected chi connectivity index (χ3v) is 5.34. The Kier molecular flexibility index (Phi) is 6.40. The number of aromatic nitrogens is 2. The summed E-state index contributed by atoms with van der Waals surface area (Å²) < 4.78 is 20.2. The van der Waals surface area contributed by atoms with Gasteiger partial charge in [-0.2, -0.15) is 9.78 Å². The van der Waals surface area contributed by atoms with Crippen molar-refractivity contribution in [1.29, 1.82) is 0 Å². The Morgan fingerprint density at radius 3 is 2.42 bits per heavy atom. The van der Waals surface area contributed by atoms with Crippen LogP contribution in [0.1, 0.15) is 48.2 Å². The van der Waals surface area contributed by atoms with Gasteiger partial charge in [-0.05, 0) is 73.7 Å². The minimum Gasteiger partial charge on any atom is -0.490 e. The van der Waals surface area contributed by atoms with Crippen LogP contribution >= 0.6 is 0 Å². The second-order valence-corrected chi connectivity index (χ2v) is 7.65. The number of rotatable bonds is 6. The highest BCUT2D eigenvalue weighted by Crippen LogP contribution is 2.23. The van der Waals surface area contributed by atoms with E-state index in [2.05, 4.69) is 10.4 Å². The number of halogens is 1. The fourth-order valence-electron chi connectivity index (χ4n) is 3.63. The quantitative estimate of drug-likeness (QED) is 0.653. The van der Waals surface area contributed by atoms with Gasteiger partial charge in [0.2, 0.25) is 0 Å². The van der Waals surface area contributed by atoms with Crippen molar-refractivity contribution < 1.29 is 13.9 Å². The van der Waals surface area contributed by atoms with Crippen LogP contribution in [0.2, 0.25) is 0 Å². The zero-order valence-corrected chi connectivity index (χ0v) is 17.1. The van der Waals surface area contributed by atoms with Crippen LogP contribution in [-0.2, 0) is 6.54 Å². The number of ether oxygens (including phenoxy) is 1. The maximum absolute atomic E-state index is 13.1. The van der Waals surface area contributed by atoms with Crippen molar-refractivity contribution >= 4 is 5.91 Å². The van der Waals surface area contributed by atoms with E-state index < -0.39 is 17.3 Å². The van der Waals surface area contributed by atoms with Gasteiger partial charge < -0.3 is 10.1 Å². The summed E-state index contributed by atoms with van der Waals surface area (Å²) in [6, 6.07) is 15.7. The lowest BCUT2D eigenvalue weighted by Crippen LogP contribution is -2.28. The summed E-state index contributed by atoms with van der Waals surface area (Å²) in [4.78, 5) is 24.6. The second kappa shape index (κ2) is 9.55. The van der Waals surface area contributed by atoms with Crippen molar-refractivity contribution in [3.05, 3.63) is 88.1 Å². The van der Waals surface area contributed by atoms with E-state index in [0.29, 0.717) is 18.3 Å². The smallest absolute Gasteiger partial charge is 0.272 e. The minimum absolute atomic E-state index is 0.0983. The summed E-state index contributed by atoms with van der Waals surface area (Å²) in [5.41, 5.74) is 1.00. The van der Waals surface area contributed by atoms with Crippen molar-refractivity contribution in [3.8, 4) is 11.4 Å². The van der Waals surface area contributed by atoms with Crippen LogP contribution in [0, 0.1) is 5.82 Å². The first-order valence-electron chi connectivity index (χ1n) is 10.5. The number of amides is 1. The number of hydrogen-bond donors (Lipinski definition) is 1. The lowest BCUT2D eigenvalue weighted by atomic mass is 9.98. The summed E-state index contributed by atoms with van der Waals surface area (Å²) in [6.07, 6.45) is 6.22. The molecule has 0 radical (unpaired) electrons. The topological polar surface area (TPSA) is 73.2 Å². The van der Waals surface area contributed by atoms with Crippen LogP contribution in [0.25, 0.3) is 5.69 Å². The monoisotopic (exact) mass is 421 g/mol. The lowest BCUT2D eigenvalue weighted by molar-refractivity contribution is 0.0944. The van der Waals surface area contributed by atoms with Crippen molar-refractivity contribution in [2.45, 2.75) is 44.8 Å². The Morgan fingerprint density at radius 2 is 1.71 bits per heavy atom. The largest absolute Gasteiger partial charge is 0.490 e. The molecule has 160 valence electrons. The van der Waals surface area contributed by atoms with Crippen molar-refractivity contribution in [3.63, 3.8) is 0 Å². The molecule has 1 N–H and O–H groups in total. The third kappa shape index (κ3) is 5.36. The molecule has 0 bridgehead atoms. The highest BCUT2D eigenvalue weighted by Gasteiger charge is 2.15. The molecule has 0 saturated heterocycles. The highest BCUT2D eigenvalue weighted by atomic mass is 19.1. The first-order chi connectivity index (χ1) is 15.1. The third-order valence-electron chi connectivity index (χ3n) is 5.34. The van der Waals surface area contributed by atoms with E-state index in [9.17, 15) is 14.0 Å². The first kappa shape index (κ1) is 20.8.